The summed E-state index contributed by atoms with van der Waals surface area (Å²) in [6.07, 6.45) is 2.89. The minimum atomic E-state index is -0.0745. The summed E-state index contributed by atoms with van der Waals surface area (Å²) in [5, 5.41) is 13.2. The molecule has 7 nitrogen and oxygen atoms in total. The van der Waals surface area contributed by atoms with Crippen molar-refractivity contribution in [1.82, 2.24) is 21.1 Å². The SMILES string of the molecule is CCC(CC)c1cc(CNC(=NC)NCC(=O)NCCc2ccccc2)on1. The summed E-state index contributed by atoms with van der Waals surface area (Å²) in [7, 11) is 1.67. The van der Waals surface area contributed by atoms with E-state index in [0.717, 1.165) is 30.7 Å². The van der Waals surface area contributed by atoms with Crippen LogP contribution in [-0.4, -0.2) is 37.2 Å². The molecule has 1 aromatic heterocycles. The molecule has 0 spiro atoms. The van der Waals surface area contributed by atoms with Crippen LogP contribution < -0.4 is 16.0 Å². The first-order valence-corrected chi connectivity index (χ1v) is 9.86. The molecule has 7 heteroatoms. The van der Waals surface area contributed by atoms with E-state index >= 15 is 0 Å². The number of benzene rings is 1. The lowest BCUT2D eigenvalue weighted by molar-refractivity contribution is -0.119. The first-order chi connectivity index (χ1) is 13.7. The van der Waals surface area contributed by atoms with Gasteiger partial charge < -0.3 is 20.5 Å². The molecule has 0 saturated heterocycles. The molecule has 0 aliphatic rings. The van der Waals surface area contributed by atoms with E-state index in [4.69, 9.17) is 4.52 Å². The highest BCUT2D eigenvalue weighted by atomic mass is 16.5. The zero-order valence-electron chi connectivity index (χ0n) is 17.0. The van der Waals surface area contributed by atoms with Crippen LogP contribution in [0.1, 0.15) is 49.6 Å². The molecular weight excluding hydrogens is 354 g/mol. The van der Waals surface area contributed by atoms with Gasteiger partial charge in [0, 0.05) is 25.6 Å². The molecule has 0 unspecified atom stereocenters. The Labute approximate surface area is 167 Å². The van der Waals surface area contributed by atoms with Crippen LogP contribution in [-0.2, 0) is 17.8 Å². The maximum atomic E-state index is 12.0. The van der Waals surface area contributed by atoms with E-state index in [1.54, 1.807) is 7.05 Å². The second-order valence-corrected chi connectivity index (χ2v) is 6.60. The molecule has 0 aliphatic carbocycles. The molecule has 3 N–H and O–H groups in total. The van der Waals surface area contributed by atoms with E-state index in [9.17, 15) is 4.79 Å². The summed E-state index contributed by atoms with van der Waals surface area (Å²) < 4.78 is 5.39. The second-order valence-electron chi connectivity index (χ2n) is 6.60. The number of hydrogen-bond donors (Lipinski definition) is 3. The molecule has 0 aliphatic heterocycles. The molecule has 2 aromatic rings. The largest absolute Gasteiger partial charge is 0.359 e. The van der Waals surface area contributed by atoms with Gasteiger partial charge in [-0.25, -0.2) is 0 Å². The lowest BCUT2D eigenvalue weighted by atomic mass is 9.99. The number of guanidine groups is 1. The van der Waals surface area contributed by atoms with E-state index in [-0.39, 0.29) is 12.5 Å². The molecule has 0 saturated carbocycles. The number of carbonyl (C=O) groups excluding carboxylic acids is 1. The van der Waals surface area contributed by atoms with Gasteiger partial charge >= 0.3 is 0 Å². The van der Waals surface area contributed by atoms with Gasteiger partial charge in [-0.1, -0.05) is 49.3 Å². The van der Waals surface area contributed by atoms with Gasteiger partial charge in [-0.2, -0.15) is 0 Å². The van der Waals surface area contributed by atoms with E-state index in [1.807, 2.05) is 36.4 Å². The van der Waals surface area contributed by atoms with Gasteiger partial charge in [0.2, 0.25) is 5.91 Å². The summed E-state index contributed by atoms with van der Waals surface area (Å²) in [5.41, 5.74) is 2.19. The highest BCUT2D eigenvalue weighted by Crippen LogP contribution is 2.22. The van der Waals surface area contributed by atoms with Gasteiger partial charge in [-0.3, -0.25) is 9.79 Å². The average molecular weight is 386 g/mol. The number of hydrogen-bond acceptors (Lipinski definition) is 4. The zero-order chi connectivity index (χ0) is 20.2. The van der Waals surface area contributed by atoms with Crippen molar-refractivity contribution in [2.24, 2.45) is 4.99 Å². The van der Waals surface area contributed by atoms with Crippen LogP contribution in [0, 0.1) is 0 Å². The second kappa shape index (κ2) is 11.8. The van der Waals surface area contributed by atoms with E-state index in [2.05, 4.69) is 39.9 Å². The predicted molar refractivity (Wildman–Crippen MR) is 111 cm³/mol. The Morgan fingerprint density at radius 1 is 1.14 bits per heavy atom. The van der Waals surface area contributed by atoms with Gasteiger partial charge in [-0.15, -0.1) is 0 Å². The fourth-order valence-electron chi connectivity index (χ4n) is 2.92. The number of aliphatic imine (C=N–C) groups is 1. The fourth-order valence-corrected chi connectivity index (χ4v) is 2.92. The van der Waals surface area contributed by atoms with Crippen molar-refractivity contribution < 1.29 is 9.32 Å². The van der Waals surface area contributed by atoms with Crippen molar-refractivity contribution in [1.29, 1.82) is 0 Å². The third-order valence-corrected chi connectivity index (χ3v) is 4.63. The Kier molecular flexibility index (Phi) is 9.04. The molecule has 2 rings (SSSR count). The van der Waals surface area contributed by atoms with Crippen LogP contribution in [0.3, 0.4) is 0 Å². The summed E-state index contributed by atoms with van der Waals surface area (Å²) in [4.78, 5) is 16.1. The molecule has 0 atom stereocenters. The van der Waals surface area contributed by atoms with Crippen LogP contribution in [0.5, 0.6) is 0 Å². The van der Waals surface area contributed by atoms with Crippen LogP contribution >= 0.6 is 0 Å². The number of rotatable bonds is 10. The number of amides is 1. The standard InChI is InChI=1S/C21H31N5O2/c1-4-17(5-2)19-13-18(28-26-19)14-24-21(22-3)25-15-20(27)23-12-11-16-9-7-6-8-10-16/h6-10,13,17H,4-5,11-12,14-15H2,1-3H3,(H,23,27)(H2,22,24,25). The van der Waals surface area contributed by atoms with Gasteiger partial charge in [0.25, 0.3) is 0 Å². The lowest BCUT2D eigenvalue weighted by Crippen LogP contribution is -2.43. The number of nitrogens with zero attached hydrogens (tertiary/aromatic N) is 2. The zero-order valence-corrected chi connectivity index (χ0v) is 17.0. The number of aromatic nitrogens is 1. The van der Waals surface area contributed by atoms with E-state index < -0.39 is 0 Å². The molecule has 0 radical (unpaired) electrons. The Morgan fingerprint density at radius 2 is 1.89 bits per heavy atom. The Hall–Kier alpha value is -2.83. The Bertz CT molecular complexity index is 738. The van der Waals surface area contributed by atoms with Crippen LogP contribution in [0.25, 0.3) is 0 Å². The monoisotopic (exact) mass is 385 g/mol. The molecule has 1 amide bonds. The first-order valence-electron chi connectivity index (χ1n) is 9.86. The topological polar surface area (TPSA) is 91.5 Å². The van der Waals surface area contributed by atoms with Gasteiger partial charge in [0.05, 0.1) is 18.8 Å². The average Bonchev–Trinajstić information content (AvgIpc) is 3.18. The molecule has 152 valence electrons. The van der Waals surface area contributed by atoms with Crippen molar-refractivity contribution in [3.05, 3.63) is 53.4 Å². The normalized spacial score (nSPS) is 11.5. The van der Waals surface area contributed by atoms with Crippen LogP contribution in [0.15, 0.2) is 45.9 Å². The third kappa shape index (κ3) is 7.06. The minimum Gasteiger partial charge on any atom is -0.359 e. The third-order valence-electron chi connectivity index (χ3n) is 4.63. The molecule has 0 bridgehead atoms. The number of carbonyl (C=O) groups is 1. The highest BCUT2D eigenvalue weighted by molar-refractivity contribution is 5.86. The molecular formula is C21H31N5O2. The van der Waals surface area contributed by atoms with Crippen molar-refractivity contribution in [2.45, 2.75) is 45.6 Å². The highest BCUT2D eigenvalue weighted by Gasteiger charge is 2.13. The van der Waals surface area contributed by atoms with E-state index in [0.29, 0.717) is 25.0 Å². The van der Waals surface area contributed by atoms with Gasteiger partial charge in [0.15, 0.2) is 11.7 Å². The van der Waals surface area contributed by atoms with Crippen LogP contribution in [0.4, 0.5) is 0 Å². The van der Waals surface area contributed by atoms with Crippen molar-refractivity contribution >= 4 is 11.9 Å². The van der Waals surface area contributed by atoms with Crippen molar-refractivity contribution in [3.8, 4) is 0 Å². The first kappa shape index (κ1) is 21.5. The Morgan fingerprint density at radius 3 is 2.57 bits per heavy atom. The molecule has 1 heterocycles. The van der Waals surface area contributed by atoms with Gasteiger partial charge in [-0.05, 0) is 24.8 Å². The summed E-state index contributed by atoms with van der Waals surface area (Å²) in [6, 6.07) is 12.1. The predicted octanol–water partition coefficient (Wildman–Crippen LogP) is 2.60. The fraction of sp³-hybridized carbons (Fsp3) is 0.476. The maximum absolute atomic E-state index is 12.0. The minimum absolute atomic E-state index is 0.0745. The summed E-state index contributed by atoms with van der Waals surface area (Å²) >= 11 is 0. The molecule has 1 aromatic carbocycles. The quantitative estimate of drug-likeness (QED) is 0.432. The van der Waals surface area contributed by atoms with Crippen LogP contribution in [0.2, 0.25) is 0 Å². The van der Waals surface area contributed by atoms with Gasteiger partial charge in [0.1, 0.15) is 0 Å². The molecule has 28 heavy (non-hydrogen) atoms. The molecule has 0 fully saturated rings. The van der Waals surface area contributed by atoms with Crippen molar-refractivity contribution in [2.75, 3.05) is 20.1 Å². The lowest BCUT2D eigenvalue weighted by Gasteiger charge is -2.11. The van der Waals surface area contributed by atoms with Crippen molar-refractivity contribution in [3.63, 3.8) is 0 Å². The maximum Gasteiger partial charge on any atom is 0.239 e. The summed E-state index contributed by atoms with van der Waals surface area (Å²) in [6.45, 7) is 5.52. The number of nitrogens with one attached hydrogen (secondary N) is 3. The summed E-state index contributed by atoms with van der Waals surface area (Å²) in [5.74, 6) is 1.64. The van der Waals surface area contributed by atoms with E-state index in [1.165, 1.54) is 5.56 Å². The smallest absolute Gasteiger partial charge is 0.239 e. The Balaban J connectivity index is 1.68.